The lowest BCUT2D eigenvalue weighted by Gasteiger charge is -2.30. The van der Waals surface area contributed by atoms with E-state index in [-0.39, 0.29) is 0 Å². The summed E-state index contributed by atoms with van der Waals surface area (Å²) in [6.07, 6.45) is 7.15. The van der Waals surface area contributed by atoms with Crippen LogP contribution in [-0.4, -0.2) is 48.1 Å². The standard InChI is InChI=1S/C13H17N3O2/c14-13(17)12-10-16(8-9-18-12)7-1-2-11-3-5-15-6-4-11/h1-6,12H,7-10H2,(H2,14,17)/b2-1+. The second-order valence-corrected chi connectivity index (χ2v) is 4.20. The normalized spacial score (nSPS) is 21.2. The maximum Gasteiger partial charge on any atom is 0.247 e. The van der Waals surface area contributed by atoms with Crippen molar-refractivity contribution in [1.82, 2.24) is 9.88 Å². The molecule has 2 rings (SSSR count). The molecule has 1 fully saturated rings. The lowest BCUT2D eigenvalue weighted by molar-refractivity contribution is -0.134. The first-order chi connectivity index (χ1) is 8.75. The highest BCUT2D eigenvalue weighted by Crippen LogP contribution is 2.05. The number of primary amides is 1. The van der Waals surface area contributed by atoms with Crippen LogP contribution < -0.4 is 5.73 Å². The van der Waals surface area contributed by atoms with E-state index in [0.29, 0.717) is 13.2 Å². The largest absolute Gasteiger partial charge is 0.367 e. The van der Waals surface area contributed by atoms with Crippen LogP contribution in [0.1, 0.15) is 5.56 Å². The molecule has 1 aliphatic heterocycles. The van der Waals surface area contributed by atoms with Crippen molar-refractivity contribution < 1.29 is 9.53 Å². The van der Waals surface area contributed by atoms with Gasteiger partial charge in [-0.3, -0.25) is 14.7 Å². The quantitative estimate of drug-likeness (QED) is 0.830. The SMILES string of the molecule is NC(=O)C1CN(C/C=C/c2ccncc2)CCO1. The predicted octanol–water partition coefficient (Wildman–Crippen LogP) is 0.281. The van der Waals surface area contributed by atoms with Gasteiger partial charge in [0.05, 0.1) is 6.61 Å². The van der Waals surface area contributed by atoms with Gasteiger partial charge in [-0.05, 0) is 17.7 Å². The van der Waals surface area contributed by atoms with Crippen molar-refractivity contribution in [2.75, 3.05) is 26.2 Å². The number of pyridine rings is 1. The average molecular weight is 247 g/mol. The number of nitrogens with zero attached hydrogens (tertiary/aromatic N) is 2. The average Bonchev–Trinajstić information content (AvgIpc) is 2.40. The summed E-state index contributed by atoms with van der Waals surface area (Å²) in [5.41, 5.74) is 6.35. The van der Waals surface area contributed by atoms with Crippen LogP contribution in [0, 0.1) is 0 Å². The molecule has 1 atom stereocenters. The lowest BCUT2D eigenvalue weighted by atomic mass is 10.2. The number of ether oxygens (including phenoxy) is 1. The van der Waals surface area contributed by atoms with Crippen LogP contribution >= 0.6 is 0 Å². The summed E-state index contributed by atoms with van der Waals surface area (Å²) in [4.78, 5) is 17.2. The number of hydrogen-bond donors (Lipinski definition) is 1. The topological polar surface area (TPSA) is 68.5 Å². The fraction of sp³-hybridized carbons (Fsp3) is 0.385. The van der Waals surface area contributed by atoms with Crippen molar-refractivity contribution in [1.29, 1.82) is 0 Å². The Kier molecular flexibility index (Phi) is 4.44. The first-order valence-corrected chi connectivity index (χ1v) is 5.95. The van der Waals surface area contributed by atoms with Gasteiger partial charge in [0.25, 0.3) is 0 Å². The van der Waals surface area contributed by atoms with Crippen LogP contribution in [0.5, 0.6) is 0 Å². The summed E-state index contributed by atoms with van der Waals surface area (Å²) in [5.74, 6) is -0.391. The van der Waals surface area contributed by atoms with E-state index in [1.165, 1.54) is 0 Å². The number of carbonyl (C=O) groups excluding carboxylic acids is 1. The van der Waals surface area contributed by atoms with E-state index >= 15 is 0 Å². The van der Waals surface area contributed by atoms with Crippen molar-refractivity contribution in [3.05, 3.63) is 36.2 Å². The molecule has 5 nitrogen and oxygen atoms in total. The number of morpholine rings is 1. The fourth-order valence-corrected chi connectivity index (χ4v) is 1.85. The van der Waals surface area contributed by atoms with Gasteiger partial charge in [-0.1, -0.05) is 12.2 Å². The van der Waals surface area contributed by atoms with Crippen molar-refractivity contribution in [3.8, 4) is 0 Å². The van der Waals surface area contributed by atoms with Crippen LogP contribution in [0.25, 0.3) is 6.08 Å². The summed E-state index contributed by atoms with van der Waals surface area (Å²) < 4.78 is 5.29. The van der Waals surface area contributed by atoms with E-state index < -0.39 is 12.0 Å². The Bertz CT molecular complexity index is 420. The Morgan fingerprint density at radius 3 is 3.06 bits per heavy atom. The zero-order valence-electron chi connectivity index (χ0n) is 10.2. The molecule has 0 radical (unpaired) electrons. The molecule has 1 saturated heterocycles. The van der Waals surface area contributed by atoms with Crippen molar-refractivity contribution in [2.45, 2.75) is 6.10 Å². The minimum Gasteiger partial charge on any atom is -0.367 e. The molecule has 1 aromatic rings. The second kappa shape index (κ2) is 6.28. The Morgan fingerprint density at radius 1 is 1.56 bits per heavy atom. The highest BCUT2D eigenvalue weighted by molar-refractivity contribution is 5.79. The van der Waals surface area contributed by atoms with Crippen molar-refractivity contribution >= 4 is 12.0 Å². The summed E-state index contributed by atoms with van der Waals surface area (Å²) in [6.45, 7) is 2.73. The van der Waals surface area contributed by atoms with Gasteiger partial charge in [0.15, 0.2) is 0 Å². The Morgan fingerprint density at radius 2 is 2.33 bits per heavy atom. The van der Waals surface area contributed by atoms with Gasteiger partial charge >= 0.3 is 0 Å². The molecular weight excluding hydrogens is 230 g/mol. The van der Waals surface area contributed by atoms with Gasteiger partial charge in [0.2, 0.25) is 5.91 Å². The summed E-state index contributed by atoms with van der Waals surface area (Å²) >= 11 is 0. The Balaban J connectivity index is 1.83. The van der Waals surface area contributed by atoms with E-state index in [1.54, 1.807) is 12.4 Å². The maximum absolute atomic E-state index is 11.0. The predicted molar refractivity (Wildman–Crippen MR) is 68.6 cm³/mol. The number of amides is 1. The molecule has 5 heteroatoms. The van der Waals surface area contributed by atoms with Gasteiger partial charge in [0.1, 0.15) is 6.10 Å². The fourth-order valence-electron chi connectivity index (χ4n) is 1.85. The van der Waals surface area contributed by atoms with E-state index in [0.717, 1.165) is 18.7 Å². The van der Waals surface area contributed by atoms with E-state index in [1.807, 2.05) is 18.2 Å². The lowest BCUT2D eigenvalue weighted by Crippen LogP contribution is -2.48. The number of rotatable bonds is 4. The third kappa shape index (κ3) is 3.65. The molecule has 2 N–H and O–H groups in total. The molecule has 1 aliphatic rings. The third-order valence-corrected chi connectivity index (χ3v) is 2.85. The molecule has 1 unspecified atom stereocenters. The van der Waals surface area contributed by atoms with Crippen LogP contribution in [0.2, 0.25) is 0 Å². The van der Waals surface area contributed by atoms with Crippen LogP contribution in [-0.2, 0) is 9.53 Å². The van der Waals surface area contributed by atoms with Crippen molar-refractivity contribution in [3.63, 3.8) is 0 Å². The van der Waals surface area contributed by atoms with E-state index in [2.05, 4.69) is 16.0 Å². The number of carbonyl (C=O) groups is 1. The molecular formula is C13H17N3O2. The molecule has 0 aromatic carbocycles. The summed E-state index contributed by atoms with van der Waals surface area (Å²) in [7, 11) is 0. The van der Waals surface area contributed by atoms with Gasteiger partial charge in [-0.15, -0.1) is 0 Å². The molecule has 0 bridgehead atoms. The molecule has 1 amide bonds. The molecule has 1 aromatic heterocycles. The minimum atomic E-state index is -0.479. The molecule has 0 aliphatic carbocycles. The highest BCUT2D eigenvalue weighted by atomic mass is 16.5. The molecule has 96 valence electrons. The van der Waals surface area contributed by atoms with Gasteiger partial charge in [-0.25, -0.2) is 0 Å². The zero-order valence-corrected chi connectivity index (χ0v) is 10.2. The Labute approximate surface area is 106 Å². The second-order valence-electron chi connectivity index (χ2n) is 4.20. The van der Waals surface area contributed by atoms with Crippen LogP contribution in [0.4, 0.5) is 0 Å². The first-order valence-electron chi connectivity index (χ1n) is 5.95. The number of aromatic nitrogens is 1. The molecule has 0 saturated carbocycles. The van der Waals surface area contributed by atoms with Gasteiger partial charge in [0, 0.05) is 32.0 Å². The monoisotopic (exact) mass is 247 g/mol. The third-order valence-electron chi connectivity index (χ3n) is 2.85. The van der Waals surface area contributed by atoms with Gasteiger partial charge in [-0.2, -0.15) is 0 Å². The molecule has 0 spiro atoms. The van der Waals surface area contributed by atoms with Crippen molar-refractivity contribution in [2.24, 2.45) is 5.73 Å². The highest BCUT2D eigenvalue weighted by Gasteiger charge is 2.23. The van der Waals surface area contributed by atoms with E-state index in [9.17, 15) is 4.79 Å². The number of nitrogens with two attached hydrogens (primary N) is 1. The zero-order chi connectivity index (χ0) is 12.8. The maximum atomic E-state index is 11.0. The summed E-state index contributed by atoms with van der Waals surface area (Å²) in [5, 5.41) is 0. The van der Waals surface area contributed by atoms with Crippen LogP contribution in [0.3, 0.4) is 0 Å². The van der Waals surface area contributed by atoms with Gasteiger partial charge < -0.3 is 10.5 Å². The summed E-state index contributed by atoms with van der Waals surface area (Å²) in [6, 6.07) is 3.89. The Hall–Kier alpha value is -1.72. The molecule has 2 heterocycles. The van der Waals surface area contributed by atoms with E-state index in [4.69, 9.17) is 10.5 Å². The minimum absolute atomic E-state index is 0.391. The smallest absolute Gasteiger partial charge is 0.247 e. The molecule has 18 heavy (non-hydrogen) atoms. The number of hydrogen-bond acceptors (Lipinski definition) is 4. The van der Waals surface area contributed by atoms with Crippen LogP contribution in [0.15, 0.2) is 30.6 Å². The first kappa shape index (κ1) is 12.7.